The summed E-state index contributed by atoms with van der Waals surface area (Å²) in [4.78, 5) is 11.9. The second-order valence-electron chi connectivity index (χ2n) is 4.60. The molecular formula is C13H20N2O3. The van der Waals surface area contributed by atoms with Crippen molar-refractivity contribution in [3.8, 4) is 0 Å². The molecule has 2 N–H and O–H groups in total. The molecular weight excluding hydrogens is 232 g/mol. The van der Waals surface area contributed by atoms with E-state index in [0.29, 0.717) is 13.2 Å². The van der Waals surface area contributed by atoms with E-state index in [-0.39, 0.29) is 18.0 Å². The Morgan fingerprint density at radius 2 is 2.50 bits per heavy atom. The standard InChI is InChI=1S/C13H20N2O3/c1-10(15-11-4-2-6-17-9-11)13(16)14-8-12-5-3-7-18-12/h3,5,7,10-11,15H,2,4,6,8-9H2,1H3,(H,14,16). The number of nitrogens with one attached hydrogen (secondary N) is 2. The van der Waals surface area contributed by atoms with Crippen molar-refractivity contribution in [2.24, 2.45) is 0 Å². The van der Waals surface area contributed by atoms with Crippen LogP contribution in [0.3, 0.4) is 0 Å². The molecule has 0 radical (unpaired) electrons. The zero-order chi connectivity index (χ0) is 12.8. The molecule has 1 aliphatic heterocycles. The third kappa shape index (κ3) is 3.85. The lowest BCUT2D eigenvalue weighted by Crippen LogP contribution is -2.49. The lowest BCUT2D eigenvalue weighted by Gasteiger charge is -2.26. The normalized spacial score (nSPS) is 21.5. The molecule has 1 aromatic rings. The second kappa shape index (κ2) is 6.56. The van der Waals surface area contributed by atoms with Gasteiger partial charge in [0.2, 0.25) is 5.91 Å². The molecule has 2 atom stereocenters. The quantitative estimate of drug-likeness (QED) is 0.822. The lowest BCUT2D eigenvalue weighted by atomic mass is 10.1. The summed E-state index contributed by atoms with van der Waals surface area (Å²) in [5, 5.41) is 6.12. The SMILES string of the molecule is CC(NC1CCCOC1)C(=O)NCc1ccco1. The monoisotopic (exact) mass is 252 g/mol. The Bertz CT molecular complexity index is 358. The highest BCUT2D eigenvalue weighted by molar-refractivity contribution is 5.81. The number of amides is 1. The van der Waals surface area contributed by atoms with Crippen molar-refractivity contribution in [2.75, 3.05) is 13.2 Å². The van der Waals surface area contributed by atoms with Gasteiger partial charge in [0.1, 0.15) is 5.76 Å². The predicted molar refractivity (Wildman–Crippen MR) is 67.0 cm³/mol. The van der Waals surface area contributed by atoms with E-state index < -0.39 is 0 Å². The van der Waals surface area contributed by atoms with Gasteiger partial charge in [0, 0.05) is 12.6 Å². The Morgan fingerprint density at radius 3 is 3.17 bits per heavy atom. The Morgan fingerprint density at radius 1 is 1.61 bits per heavy atom. The smallest absolute Gasteiger partial charge is 0.237 e. The van der Waals surface area contributed by atoms with Crippen molar-refractivity contribution >= 4 is 5.91 Å². The molecule has 1 aromatic heterocycles. The third-order valence-corrected chi connectivity index (χ3v) is 3.06. The predicted octanol–water partition coefficient (Wildman–Crippen LogP) is 1.05. The molecule has 1 saturated heterocycles. The van der Waals surface area contributed by atoms with Crippen LogP contribution in [0, 0.1) is 0 Å². The molecule has 2 unspecified atom stereocenters. The van der Waals surface area contributed by atoms with Gasteiger partial charge in [-0.25, -0.2) is 0 Å². The minimum absolute atomic E-state index is 0.0167. The van der Waals surface area contributed by atoms with Crippen molar-refractivity contribution in [3.63, 3.8) is 0 Å². The summed E-state index contributed by atoms with van der Waals surface area (Å²) < 4.78 is 10.5. The van der Waals surface area contributed by atoms with Gasteiger partial charge in [-0.3, -0.25) is 4.79 Å². The van der Waals surface area contributed by atoms with Crippen LogP contribution in [0.4, 0.5) is 0 Å². The van der Waals surface area contributed by atoms with Gasteiger partial charge in [-0.2, -0.15) is 0 Å². The van der Waals surface area contributed by atoms with Gasteiger partial charge in [0.25, 0.3) is 0 Å². The van der Waals surface area contributed by atoms with Crippen molar-refractivity contribution in [1.82, 2.24) is 10.6 Å². The number of carbonyl (C=O) groups is 1. The zero-order valence-corrected chi connectivity index (χ0v) is 10.6. The maximum atomic E-state index is 11.9. The number of hydrogen-bond donors (Lipinski definition) is 2. The van der Waals surface area contributed by atoms with Gasteiger partial charge in [0.05, 0.1) is 25.5 Å². The maximum Gasteiger partial charge on any atom is 0.237 e. The second-order valence-corrected chi connectivity index (χ2v) is 4.60. The summed E-state index contributed by atoms with van der Waals surface area (Å²) in [6.07, 6.45) is 3.72. The molecule has 1 amide bonds. The topological polar surface area (TPSA) is 63.5 Å². The van der Waals surface area contributed by atoms with Gasteiger partial charge < -0.3 is 19.8 Å². The number of hydrogen-bond acceptors (Lipinski definition) is 4. The Labute approximate surface area is 107 Å². The van der Waals surface area contributed by atoms with Gasteiger partial charge >= 0.3 is 0 Å². The summed E-state index contributed by atoms with van der Waals surface area (Å²) in [5.41, 5.74) is 0. The maximum absolute atomic E-state index is 11.9. The van der Waals surface area contributed by atoms with Crippen LogP contribution in [0.2, 0.25) is 0 Å². The van der Waals surface area contributed by atoms with Crippen LogP contribution in [0.15, 0.2) is 22.8 Å². The Hall–Kier alpha value is -1.33. The molecule has 0 aromatic carbocycles. The summed E-state index contributed by atoms with van der Waals surface area (Å²) in [5.74, 6) is 0.744. The summed E-state index contributed by atoms with van der Waals surface area (Å²) in [7, 11) is 0. The molecule has 1 aliphatic rings. The number of ether oxygens (including phenoxy) is 1. The Balaban J connectivity index is 1.70. The number of rotatable bonds is 5. The minimum Gasteiger partial charge on any atom is -0.467 e. The van der Waals surface area contributed by atoms with E-state index >= 15 is 0 Å². The fourth-order valence-corrected chi connectivity index (χ4v) is 2.04. The van der Waals surface area contributed by atoms with Crippen molar-refractivity contribution < 1.29 is 13.9 Å². The first-order chi connectivity index (χ1) is 8.75. The van der Waals surface area contributed by atoms with Crippen LogP contribution >= 0.6 is 0 Å². The lowest BCUT2D eigenvalue weighted by molar-refractivity contribution is -0.123. The average Bonchev–Trinajstić information content (AvgIpc) is 2.90. The van der Waals surface area contributed by atoms with Crippen LogP contribution in [0.25, 0.3) is 0 Å². The van der Waals surface area contributed by atoms with E-state index in [1.165, 1.54) is 0 Å². The van der Waals surface area contributed by atoms with E-state index in [4.69, 9.17) is 9.15 Å². The van der Waals surface area contributed by atoms with E-state index in [1.54, 1.807) is 6.26 Å². The number of furan rings is 1. The summed E-state index contributed by atoms with van der Waals surface area (Å²) in [6, 6.07) is 3.71. The Kier molecular flexibility index (Phi) is 4.78. The molecule has 1 fully saturated rings. The van der Waals surface area contributed by atoms with E-state index in [0.717, 1.165) is 25.2 Å². The van der Waals surface area contributed by atoms with Gasteiger partial charge in [0.15, 0.2) is 0 Å². The fraction of sp³-hybridized carbons (Fsp3) is 0.615. The highest BCUT2D eigenvalue weighted by Gasteiger charge is 2.19. The van der Waals surface area contributed by atoms with Crippen molar-refractivity contribution in [2.45, 2.75) is 38.4 Å². The van der Waals surface area contributed by atoms with Gasteiger partial charge in [-0.05, 0) is 31.9 Å². The fourth-order valence-electron chi connectivity index (χ4n) is 2.04. The third-order valence-electron chi connectivity index (χ3n) is 3.06. The first kappa shape index (κ1) is 13.1. The van der Waals surface area contributed by atoms with E-state index in [2.05, 4.69) is 10.6 Å². The van der Waals surface area contributed by atoms with Gasteiger partial charge in [-0.1, -0.05) is 0 Å². The van der Waals surface area contributed by atoms with Gasteiger partial charge in [-0.15, -0.1) is 0 Å². The largest absolute Gasteiger partial charge is 0.467 e. The first-order valence-electron chi connectivity index (χ1n) is 6.39. The van der Waals surface area contributed by atoms with Crippen LogP contribution < -0.4 is 10.6 Å². The molecule has 2 rings (SSSR count). The number of carbonyl (C=O) groups excluding carboxylic acids is 1. The summed E-state index contributed by atoms with van der Waals surface area (Å²) >= 11 is 0. The molecule has 0 spiro atoms. The molecule has 5 nitrogen and oxygen atoms in total. The van der Waals surface area contributed by atoms with Crippen LogP contribution in [0.1, 0.15) is 25.5 Å². The molecule has 2 heterocycles. The molecule has 0 aliphatic carbocycles. The average molecular weight is 252 g/mol. The molecule has 0 saturated carbocycles. The zero-order valence-electron chi connectivity index (χ0n) is 10.6. The van der Waals surface area contributed by atoms with Crippen molar-refractivity contribution in [1.29, 1.82) is 0 Å². The van der Waals surface area contributed by atoms with Crippen LogP contribution in [-0.2, 0) is 16.1 Å². The highest BCUT2D eigenvalue weighted by Crippen LogP contribution is 2.06. The highest BCUT2D eigenvalue weighted by atomic mass is 16.5. The van der Waals surface area contributed by atoms with Crippen LogP contribution in [-0.4, -0.2) is 31.2 Å². The molecule has 0 bridgehead atoms. The molecule has 18 heavy (non-hydrogen) atoms. The molecule has 5 heteroatoms. The van der Waals surface area contributed by atoms with Crippen molar-refractivity contribution in [3.05, 3.63) is 24.2 Å². The minimum atomic E-state index is -0.216. The van der Waals surface area contributed by atoms with Crippen LogP contribution in [0.5, 0.6) is 0 Å². The first-order valence-corrected chi connectivity index (χ1v) is 6.39. The molecule has 100 valence electrons. The summed E-state index contributed by atoms with van der Waals surface area (Å²) in [6.45, 7) is 3.82. The van der Waals surface area contributed by atoms with E-state index in [1.807, 2.05) is 19.1 Å². The van der Waals surface area contributed by atoms with E-state index in [9.17, 15) is 4.79 Å².